The molecule has 0 aliphatic rings. The van der Waals surface area contributed by atoms with Crippen LogP contribution in [0.1, 0.15) is 127 Å². The average molecular weight is 393 g/mol. The first-order chi connectivity index (χ1) is 13.6. The van der Waals surface area contributed by atoms with E-state index in [1.807, 2.05) is 0 Å². The number of furan rings is 1. The topological polar surface area (TPSA) is 50.4 Å². The molecular formula is C25H44O3. The fraction of sp³-hybridized carbons (Fsp3) is 0.800. The van der Waals surface area contributed by atoms with E-state index in [9.17, 15) is 4.79 Å². The van der Waals surface area contributed by atoms with Gasteiger partial charge in [-0.3, -0.25) is 4.79 Å². The quantitative estimate of drug-likeness (QED) is 0.242. The van der Waals surface area contributed by atoms with Gasteiger partial charge in [0.25, 0.3) is 0 Å². The molecule has 0 aliphatic carbocycles. The summed E-state index contributed by atoms with van der Waals surface area (Å²) < 4.78 is 6.05. The van der Waals surface area contributed by atoms with Crippen molar-refractivity contribution in [3.63, 3.8) is 0 Å². The molecule has 0 unspecified atom stereocenters. The Hall–Kier alpha value is -1.25. The Morgan fingerprint density at radius 2 is 1.29 bits per heavy atom. The first-order valence-electron chi connectivity index (χ1n) is 11.9. The van der Waals surface area contributed by atoms with Crippen molar-refractivity contribution in [2.75, 3.05) is 0 Å². The van der Waals surface area contributed by atoms with Gasteiger partial charge in [0.1, 0.15) is 11.5 Å². The van der Waals surface area contributed by atoms with E-state index in [-0.39, 0.29) is 0 Å². The lowest BCUT2D eigenvalue weighted by atomic mass is 10.0. The number of hydrogen-bond acceptors (Lipinski definition) is 2. The molecule has 0 fully saturated rings. The van der Waals surface area contributed by atoms with Crippen LogP contribution in [0.15, 0.2) is 10.5 Å². The predicted octanol–water partition coefficient (Wildman–Crippen LogP) is 8.02. The zero-order valence-electron chi connectivity index (χ0n) is 18.6. The summed E-state index contributed by atoms with van der Waals surface area (Å²) in [5, 5.41) is 8.59. The van der Waals surface area contributed by atoms with Crippen molar-refractivity contribution in [3.05, 3.63) is 23.2 Å². The number of carbonyl (C=O) groups is 1. The van der Waals surface area contributed by atoms with Gasteiger partial charge in [0.2, 0.25) is 0 Å². The molecule has 0 atom stereocenters. The number of unbranched alkanes of at least 4 members (excludes halogenated alkanes) is 13. The lowest BCUT2D eigenvalue weighted by molar-refractivity contribution is -0.137. The molecule has 3 heteroatoms. The highest BCUT2D eigenvalue weighted by molar-refractivity contribution is 5.66. The number of rotatable bonds is 19. The molecule has 0 saturated carbocycles. The molecule has 0 aromatic carbocycles. The van der Waals surface area contributed by atoms with E-state index in [2.05, 4.69) is 19.9 Å². The van der Waals surface area contributed by atoms with Crippen LogP contribution in [0, 0.1) is 6.92 Å². The third kappa shape index (κ3) is 13.0. The zero-order chi connectivity index (χ0) is 20.5. The Labute approximate surface area is 173 Å². The molecule has 0 spiro atoms. The van der Waals surface area contributed by atoms with Crippen LogP contribution in [0.5, 0.6) is 0 Å². The number of aryl methyl sites for hydroxylation is 3. The molecule has 0 aliphatic heterocycles. The number of hydrogen-bond donors (Lipinski definition) is 1. The maximum Gasteiger partial charge on any atom is 0.303 e. The molecule has 0 amide bonds. The normalized spacial score (nSPS) is 11.2. The summed E-state index contributed by atoms with van der Waals surface area (Å²) in [6.07, 6.45) is 21.3. The third-order valence-corrected chi connectivity index (χ3v) is 5.64. The minimum absolute atomic E-state index is 0.333. The Kier molecular flexibility index (Phi) is 14.8. The van der Waals surface area contributed by atoms with E-state index in [0.29, 0.717) is 6.42 Å². The summed E-state index contributed by atoms with van der Waals surface area (Å²) in [7, 11) is 0. The smallest absolute Gasteiger partial charge is 0.303 e. The molecule has 1 aromatic heterocycles. The molecular weight excluding hydrogens is 348 g/mol. The van der Waals surface area contributed by atoms with Crippen molar-refractivity contribution in [1.29, 1.82) is 0 Å². The summed E-state index contributed by atoms with van der Waals surface area (Å²) in [6, 6.07) is 2.25. The van der Waals surface area contributed by atoms with E-state index in [4.69, 9.17) is 9.52 Å². The molecule has 0 saturated heterocycles. The highest BCUT2D eigenvalue weighted by Crippen LogP contribution is 2.20. The molecule has 3 nitrogen and oxygen atoms in total. The maximum atomic E-state index is 10.4. The monoisotopic (exact) mass is 392 g/mol. The molecule has 1 heterocycles. The second kappa shape index (κ2) is 16.7. The maximum absolute atomic E-state index is 10.4. The summed E-state index contributed by atoms with van der Waals surface area (Å²) in [4.78, 5) is 10.4. The van der Waals surface area contributed by atoms with Crippen molar-refractivity contribution in [2.24, 2.45) is 0 Å². The second-order valence-electron chi connectivity index (χ2n) is 8.41. The lowest BCUT2D eigenvalue weighted by Crippen LogP contribution is -1.93. The van der Waals surface area contributed by atoms with Crippen LogP contribution in [0.25, 0.3) is 0 Å². The zero-order valence-corrected chi connectivity index (χ0v) is 18.6. The molecule has 0 radical (unpaired) electrons. The Morgan fingerprint density at radius 3 is 1.82 bits per heavy atom. The van der Waals surface area contributed by atoms with Gasteiger partial charge in [0.15, 0.2) is 0 Å². The second-order valence-corrected chi connectivity index (χ2v) is 8.41. The van der Waals surface area contributed by atoms with Crippen LogP contribution in [-0.2, 0) is 17.6 Å². The van der Waals surface area contributed by atoms with Gasteiger partial charge in [0.05, 0.1) is 0 Å². The largest absolute Gasteiger partial charge is 0.481 e. The van der Waals surface area contributed by atoms with Gasteiger partial charge in [-0.25, -0.2) is 0 Å². The molecule has 1 aromatic rings. The SMILES string of the molecule is CCCCCc1oc(CCCCCCCCCCCCCCC(=O)O)cc1C. The standard InChI is InChI=1S/C25H44O3/c1-3-4-15-19-24-22(2)21-23(28-24)18-16-13-11-9-7-5-6-8-10-12-14-17-20-25(26)27/h21H,3-20H2,1-2H3,(H,26,27). The number of carboxylic acid groups (broad SMARTS) is 1. The van der Waals surface area contributed by atoms with E-state index in [0.717, 1.165) is 25.7 Å². The minimum atomic E-state index is -0.661. The molecule has 28 heavy (non-hydrogen) atoms. The fourth-order valence-electron chi connectivity index (χ4n) is 3.84. The highest BCUT2D eigenvalue weighted by atomic mass is 16.4. The first kappa shape index (κ1) is 24.8. The van der Waals surface area contributed by atoms with Crippen LogP contribution in [-0.4, -0.2) is 11.1 Å². The van der Waals surface area contributed by atoms with Gasteiger partial charge >= 0.3 is 5.97 Å². The fourth-order valence-corrected chi connectivity index (χ4v) is 3.84. The first-order valence-corrected chi connectivity index (χ1v) is 11.9. The van der Waals surface area contributed by atoms with Crippen molar-refractivity contribution in [2.45, 2.75) is 129 Å². The number of aliphatic carboxylic acids is 1. The van der Waals surface area contributed by atoms with Crippen molar-refractivity contribution in [3.8, 4) is 0 Å². The van der Waals surface area contributed by atoms with E-state index in [1.165, 1.54) is 101 Å². The summed E-state index contributed by atoms with van der Waals surface area (Å²) >= 11 is 0. The van der Waals surface area contributed by atoms with Crippen LogP contribution < -0.4 is 0 Å². The van der Waals surface area contributed by atoms with Crippen LogP contribution in [0.4, 0.5) is 0 Å². The van der Waals surface area contributed by atoms with Crippen LogP contribution >= 0.6 is 0 Å². The van der Waals surface area contributed by atoms with Gasteiger partial charge < -0.3 is 9.52 Å². The molecule has 1 rings (SSSR count). The number of carboxylic acids is 1. The molecule has 0 bridgehead atoms. The van der Waals surface area contributed by atoms with Crippen LogP contribution in [0.3, 0.4) is 0 Å². The van der Waals surface area contributed by atoms with Crippen molar-refractivity contribution < 1.29 is 14.3 Å². The summed E-state index contributed by atoms with van der Waals surface area (Å²) in [5.41, 5.74) is 1.34. The van der Waals surface area contributed by atoms with Gasteiger partial charge in [-0.05, 0) is 37.8 Å². The Bertz CT molecular complexity index is 504. The van der Waals surface area contributed by atoms with Gasteiger partial charge in [-0.15, -0.1) is 0 Å². The molecule has 1 N–H and O–H groups in total. The van der Waals surface area contributed by atoms with Crippen molar-refractivity contribution in [1.82, 2.24) is 0 Å². The predicted molar refractivity (Wildman–Crippen MR) is 118 cm³/mol. The Balaban J connectivity index is 1.89. The third-order valence-electron chi connectivity index (χ3n) is 5.64. The lowest BCUT2D eigenvalue weighted by Gasteiger charge is -2.03. The van der Waals surface area contributed by atoms with Gasteiger partial charge in [0, 0.05) is 19.3 Å². The van der Waals surface area contributed by atoms with Gasteiger partial charge in [-0.2, -0.15) is 0 Å². The van der Waals surface area contributed by atoms with Gasteiger partial charge in [-0.1, -0.05) is 84.0 Å². The van der Waals surface area contributed by atoms with E-state index >= 15 is 0 Å². The van der Waals surface area contributed by atoms with E-state index in [1.54, 1.807) is 0 Å². The average Bonchev–Trinajstić information content (AvgIpc) is 3.01. The molecule has 162 valence electrons. The van der Waals surface area contributed by atoms with Crippen molar-refractivity contribution >= 4 is 5.97 Å². The summed E-state index contributed by atoms with van der Waals surface area (Å²) in [5.74, 6) is 1.74. The van der Waals surface area contributed by atoms with Crippen LogP contribution in [0.2, 0.25) is 0 Å². The summed E-state index contributed by atoms with van der Waals surface area (Å²) in [6.45, 7) is 4.43. The minimum Gasteiger partial charge on any atom is -0.481 e. The highest BCUT2D eigenvalue weighted by Gasteiger charge is 2.07. The Morgan fingerprint density at radius 1 is 0.786 bits per heavy atom. The van der Waals surface area contributed by atoms with E-state index < -0.39 is 5.97 Å².